The van der Waals surface area contributed by atoms with E-state index in [2.05, 4.69) is 4.98 Å². The van der Waals surface area contributed by atoms with Crippen LogP contribution in [0.5, 0.6) is 0 Å². The number of likely N-dealkylation sites (tertiary alicyclic amines) is 1. The molecule has 0 bridgehead atoms. The summed E-state index contributed by atoms with van der Waals surface area (Å²) in [5.74, 6) is -1.10. The monoisotopic (exact) mass is 426 g/mol. The van der Waals surface area contributed by atoms with Crippen molar-refractivity contribution >= 4 is 28.4 Å². The summed E-state index contributed by atoms with van der Waals surface area (Å²) in [6.45, 7) is 2.25. The smallest absolute Gasteiger partial charge is 0.295 e. The van der Waals surface area contributed by atoms with Crippen LogP contribution in [0.25, 0.3) is 16.7 Å². The molecule has 1 saturated heterocycles. The SMILES string of the molecule is Cc1ccc(/C(O)=C2\C(=O)C(=O)N(CCc3c[nH]c4ccccc34)C2c2ccco2)cc1. The lowest BCUT2D eigenvalue weighted by Gasteiger charge is -2.23. The van der Waals surface area contributed by atoms with Crippen molar-refractivity contribution in [2.45, 2.75) is 19.4 Å². The second-order valence-electron chi connectivity index (χ2n) is 7.98. The molecule has 160 valence electrons. The molecule has 1 unspecified atom stereocenters. The van der Waals surface area contributed by atoms with E-state index in [1.807, 2.05) is 49.5 Å². The summed E-state index contributed by atoms with van der Waals surface area (Å²) in [6, 6.07) is 17.8. The van der Waals surface area contributed by atoms with Crippen LogP contribution >= 0.6 is 0 Å². The number of Topliss-reactive ketones (excluding diaryl/α,β-unsaturated/α-hetero) is 1. The summed E-state index contributed by atoms with van der Waals surface area (Å²) in [7, 11) is 0. The van der Waals surface area contributed by atoms with Crippen molar-refractivity contribution in [2.75, 3.05) is 6.54 Å². The Bertz CT molecular complexity index is 1330. The fourth-order valence-electron chi connectivity index (χ4n) is 4.30. The van der Waals surface area contributed by atoms with Gasteiger partial charge in [0.15, 0.2) is 0 Å². The number of aliphatic hydroxyl groups excluding tert-OH is 1. The van der Waals surface area contributed by atoms with Gasteiger partial charge in [0.25, 0.3) is 11.7 Å². The van der Waals surface area contributed by atoms with E-state index in [4.69, 9.17) is 4.42 Å². The minimum atomic E-state index is -0.781. The molecule has 1 fully saturated rings. The highest BCUT2D eigenvalue weighted by Gasteiger charge is 2.47. The lowest BCUT2D eigenvalue weighted by atomic mass is 9.98. The van der Waals surface area contributed by atoms with Crippen LogP contribution < -0.4 is 0 Å². The Morgan fingerprint density at radius 1 is 1.06 bits per heavy atom. The number of ketones is 1. The molecule has 32 heavy (non-hydrogen) atoms. The summed E-state index contributed by atoms with van der Waals surface area (Å²) in [6.07, 6.45) is 3.98. The Labute approximate surface area is 184 Å². The van der Waals surface area contributed by atoms with Gasteiger partial charge in [0.2, 0.25) is 0 Å². The Balaban J connectivity index is 1.53. The van der Waals surface area contributed by atoms with E-state index in [1.165, 1.54) is 11.2 Å². The number of aryl methyl sites for hydroxylation is 1. The Morgan fingerprint density at radius 2 is 1.84 bits per heavy atom. The van der Waals surface area contributed by atoms with Gasteiger partial charge in [-0.05, 0) is 37.1 Å². The maximum absolute atomic E-state index is 13.0. The van der Waals surface area contributed by atoms with Gasteiger partial charge in [-0.2, -0.15) is 0 Å². The fraction of sp³-hybridized carbons (Fsp3) is 0.154. The van der Waals surface area contributed by atoms with Crippen molar-refractivity contribution in [1.82, 2.24) is 9.88 Å². The molecule has 3 heterocycles. The average Bonchev–Trinajstić information content (AvgIpc) is 3.52. The number of hydrogen-bond donors (Lipinski definition) is 2. The first-order valence-electron chi connectivity index (χ1n) is 10.5. The van der Waals surface area contributed by atoms with Crippen LogP contribution in [0.4, 0.5) is 0 Å². The lowest BCUT2D eigenvalue weighted by molar-refractivity contribution is -0.140. The summed E-state index contributed by atoms with van der Waals surface area (Å²) in [5.41, 5.74) is 3.64. The first kappa shape index (κ1) is 19.9. The molecule has 1 aliphatic rings. The molecule has 0 radical (unpaired) electrons. The highest BCUT2D eigenvalue weighted by atomic mass is 16.3. The number of carbonyl (C=O) groups excluding carboxylic acids is 2. The van der Waals surface area contributed by atoms with Crippen LogP contribution in [0.15, 0.2) is 83.1 Å². The highest BCUT2D eigenvalue weighted by molar-refractivity contribution is 6.46. The number of para-hydroxylation sites is 1. The first-order valence-corrected chi connectivity index (χ1v) is 10.5. The third-order valence-corrected chi connectivity index (χ3v) is 5.97. The van der Waals surface area contributed by atoms with Gasteiger partial charge in [0.05, 0.1) is 11.8 Å². The number of benzene rings is 2. The van der Waals surface area contributed by atoms with Crippen molar-refractivity contribution < 1.29 is 19.1 Å². The number of hydrogen-bond acceptors (Lipinski definition) is 4. The molecule has 2 aromatic heterocycles. The Hall–Kier alpha value is -4.06. The predicted molar refractivity (Wildman–Crippen MR) is 121 cm³/mol. The number of aromatic amines is 1. The molecule has 1 atom stereocenters. The molecule has 0 saturated carbocycles. The molecule has 1 amide bonds. The molecular weight excluding hydrogens is 404 g/mol. The number of rotatable bonds is 5. The van der Waals surface area contributed by atoms with Crippen LogP contribution in [0.2, 0.25) is 0 Å². The minimum Gasteiger partial charge on any atom is -0.507 e. The summed E-state index contributed by atoms with van der Waals surface area (Å²) in [5, 5.41) is 12.1. The van der Waals surface area contributed by atoms with Crippen molar-refractivity contribution in [3.05, 3.63) is 101 Å². The summed E-state index contributed by atoms with van der Waals surface area (Å²) in [4.78, 5) is 30.8. The zero-order valence-electron chi connectivity index (χ0n) is 17.5. The molecule has 1 aliphatic heterocycles. The van der Waals surface area contributed by atoms with E-state index in [1.54, 1.807) is 24.3 Å². The number of aliphatic hydroxyl groups is 1. The van der Waals surface area contributed by atoms with Crippen molar-refractivity contribution in [1.29, 1.82) is 0 Å². The van der Waals surface area contributed by atoms with Crippen molar-refractivity contribution in [3.63, 3.8) is 0 Å². The normalized spacial score (nSPS) is 18.0. The van der Waals surface area contributed by atoms with Crippen LogP contribution in [-0.2, 0) is 16.0 Å². The van der Waals surface area contributed by atoms with Gasteiger partial charge in [-0.1, -0.05) is 48.0 Å². The maximum atomic E-state index is 13.0. The Morgan fingerprint density at radius 3 is 2.59 bits per heavy atom. The van der Waals surface area contributed by atoms with Gasteiger partial charge in [0, 0.05) is 29.2 Å². The predicted octanol–water partition coefficient (Wildman–Crippen LogP) is 4.73. The number of carbonyl (C=O) groups is 2. The summed E-state index contributed by atoms with van der Waals surface area (Å²) < 4.78 is 5.59. The van der Waals surface area contributed by atoms with Crippen LogP contribution in [0.1, 0.15) is 28.5 Å². The van der Waals surface area contributed by atoms with Gasteiger partial charge < -0.3 is 19.4 Å². The van der Waals surface area contributed by atoms with E-state index >= 15 is 0 Å². The van der Waals surface area contributed by atoms with Crippen molar-refractivity contribution in [3.8, 4) is 0 Å². The van der Waals surface area contributed by atoms with Crippen LogP contribution in [0, 0.1) is 6.92 Å². The zero-order chi connectivity index (χ0) is 22.2. The standard InChI is InChI=1S/C26H22N2O4/c1-16-8-10-17(11-9-16)24(29)22-23(21-7-4-14-32-21)28(26(31)25(22)30)13-12-18-15-27-20-6-3-2-5-19(18)20/h2-11,14-15,23,27,29H,12-13H2,1H3/b24-22+. The third-order valence-electron chi connectivity index (χ3n) is 5.97. The number of H-pyrrole nitrogens is 1. The Kier molecular flexibility index (Phi) is 4.90. The van der Waals surface area contributed by atoms with E-state index < -0.39 is 17.7 Å². The van der Waals surface area contributed by atoms with Crippen LogP contribution in [-0.4, -0.2) is 33.2 Å². The van der Waals surface area contributed by atoms with Gasteiger partial charge in [-0.3, -0.25) is 9.59 Å². The quantitative estimate of drug-likeness (QED) is 0.274. The highest BCUT2D eigenvalue weighted by Crippen LogP contribution is 2.39. The molecule has 5 rings (SSSR count). The van der Waals surface area contributed by atoms with Crippen molar-refractivity contribution in [2.24, 2.45) is 0 Å². The van der Waals surface area contributed by atoms with E-state index in [0.717, 1.165) is 22.0 Å². The molecule has 6 heteroatoms. The fourth-order valence-corrected chi connectivity index (χ4v) is 4.30. The maximum Gasteiger partial charge on any atom is 0.295 e. The third kappa shape index (κ3) is 3.30. The topological polar surface area (TPSA) is 86.5 Å². The van der Waals surface area contributed by atoms with Gasteiger partial charge >= 0.3 is 0 Å². The van der Waals surface area contributed by atoms with Gasteiger partial charge in [-0.25, -0.2) is 0 Å². The summed E-state index contributed by atoms with van der Waals surface area (Å²) >= 11 is 0. The first-order chi connectivity index (χ1) is 15.5. The number of nitrogens with one attached hydrogen (secondary N) is 1. The molecule has 6 nitrogen and oxygen atoms in total. The second kappa shape index (κ2) is 7.89. The van der Waals surface area contributed by atoms with E-state index in [-0.39, 0.29) is 11.3 Å². The lowest BCUT2D eigenvalue weighted by Crippen LogP contribution is -2.31. The number of amides is 1. The molecule has 2 N–H and O–H groups in total. The number of nitrogens with zero attached hydrogens (tertiary/aromatic N) is 1. The van der Waals surface area contributed by atoms with E-state index in [9.17, 15) is 14.7 Å². The minimum absolute atomic E-state index is 0.0488. The van der Waals surface area contributed by atoms with Crippen LogP contribution in [0.3, 0.4) is 0 Å². The molecule has 4 aromatic rings. The van der Waals surface area contributed by atoms with Gasteiger partial charge in [-0.15, -0.1) is 0 Å². The molecule has 0 aliphatic carbocycles. The second-order valence-corrected chi connectivity index (χ2v) is 7.98. The number of fused-ring (bicyclic) bond motifs is 1. The molecular formula is C26H22N2O4. The largest absolute Gasteiger partial charge is 0.507 e. The number of aromatic nitrogens is 1. The van der Waals surface area contributed by atoms with E-state index in [0.29, 0.717) is 24.3 Å². The molecule has 0 spiro atoms. The molecule has 2 aromatic carbocycles. The van der Waals surface area contributed by atoms with Gasteiger partial charge in [0.1, 0.15) is 17.6 Å². The average molecular weight is 426 g/mol. The zero-order valence-corrected chi connectivity index (χ0v) is 17.5. The number of furan rings is 1.